The van der Waals surface area contributed by atoms with Crippen LogP contribution in [0.5, 0.6) is 5.75 Å². The van der Waals surface area contributed by atoms with Gasteiger partial charge in [-0.1, -0.05) is 18.2 Å². The van der Waals surface area contributed by atoms with E-state index in [0.29, 0.717) is 21.9 Å². The molecule has 6 heteroatoms. The Morgan fingerprint density at radius 3 is 2.21 bits per heavy atom. The molecule has 3 rings (SSSR count). The molecule has 0 spiro atoms. The Morgan fingerprint density at radius 2 is 1.62 bits per heavy atom. The fourth-order valence-corrected chi connectivity index (χ4v) is 4.15. The highest BCUT2D eigenvalue weighted by molar-refractivity contribution is 7.17. The Balaban J connectivity index is 2.03. The monoisotopic (exact) mass is 409 g/mol. The number of aryl methyl sites for hydroxylation is 3. The Morgan fingerprint density at radius 1 is 0.931 bits per heavy atom. The summed E-state index contributed by atoms with van der Waals surface area (Å²) in [7, 11) is 2.91. The molecule has 1 N–H and O–H groups in total. The van der Waals surface area contributed by atoms with Gasteiger partial charge in [0.2, 0.25) is 0 Å². The van der Waals surface area contributed by atoms with Crippen molar-refractivity contribution in [1.29, 1.82) is 0 Å². The standard InChI is InChI=1S/C23H23NO4S/c1-13-6-7-17(12-14(13)2)19-15(3)29-22(20(19)23(26)28-5)24-21(25)16-8-10-18(27-4)11-9-16/h6-12H,1-5H3,(H,24,25). The van der Waals surface area contributed by atoms with Gasteiger partial charge >= 0.3 is 5.97 Å². The molecular formula is C23H23NO4S. The molecule has 0 fully saturated rings. The highest BCUT2D eigenvalue weighted by Crippen LogP contribution is 2.41. The fourth-order valence-electron chi connectivity index (χ4n) is 3.09. The summed E-state index contributed by atoms with van der Waals surface area (Å²) in [6.45, 7) is 6.01. The van der Waals surface area contributed by atoms with E-state index in [1.807, 2.05) is 39.0 Å². The maximum absolute atomic E-state index is 12.7. The van der Waals surface area contributed by atoms with Crippen molar-refractivity contribution in [1.82, 2.24) is 0 Å². The lowest BCUT2D eigenvalue weighted by atomic mass is 9.97. The number of hydrogen-bond donors (Lipinski definition) is 1. The largest absolute Gasteiger partial charge is 0.497 e. The van der Waals surface area contributed by atoms with Crippen LogP contribution in [-0.2, 0) is 4.74 Å². The van der Waals surface area contributed by atoms with E-state index in [1.54, 1.807) is 31.4 Å². The number of ether oxygens (including phenoxy) is 2. The average Bonchev–Trinajstić information content (AvgIpc) is 3.05. The predicted octanol–water partition coefficient (Wildman–Crippen LogP) is 5.39. The molecular weight excluding hydrogens is 386 g/mol. The van der Waals surface area contributed by atoms with Crippen molar-refractivity contribution >= 4 is 28.2 Å². The number of anilines is 1. The smallest absolute Gasteiger partial charge is 0.341 e. The number of amides is 1. The molecule has 0 unspecified atom stereocenters. The summed E-state index contributed by atoms with van der Waals surface area (Å²) >= 11 is 1.36. The number of esters is 1. The lowest BCUT2D eigenvalue weighted by Gasteiger charge is -2.10. The van der Waals surface area contributed by atoms with Gasteiger partial charge in [0.15, 0.2) is 0 Å². The van der Waals surface area contributed by atoms with E-state index in [2.05, 4.69) is 5.32 Å². The number of hydrogen-bond acceptors (Lipinski definition) is 5. The molecule has 3 aromatic rings. The number of carbonyl (C=O) groups excluding carboxylic acids is 2. The van der Waals surface area contributed by atoms with Gasteiger partial charge in [0, 0.05) is 16.0 Å². The Bertz CT molecular complexity index is 1070. The summed E-state index contributed by atoms with van der Waals surface area (Å²) < 4.78 is 10.2. The van der Waals surface area contributed by atoms with Crippen LogP contribution in [0.3, 0.4) is 0 Å². The normalized spacial score (nSPS) is 10.5. The zero-order chi connectivity index (χ0) is 21.1. The zero-order valence-corrected chi connectivity index (χ0v) is 17.9. The van der Waals surface area contributed by atoms with Crippen molar-refractivity contribution in [3.05, 3.63) is 69.6 Å². The molecule has 150 valence electrons. The lowest BCUT2D eigenvalue weighted by molar-refractivity contribution is 0.0603. The third kappa shape index (κ3) is 4.17. The van der Waals surface area contributed by atoms with Crippen molar-refractivity contribution in [3.63, 3.8) is 0 Å². The molecule has 0 aliphatic carbocycles. The maximum Gasteiger partial charge on any atom is 0.341 e. The van der Waals surface area contributed by atoms with Crippen LogP contribution in [0, 0.1) is 20.8 Å². The second kappa shape index (κ2) is 8.49. The molecule has 1 heterocycles. The van der Waals surface area contributed by atoms with E-state index in [0.717, 1.165) is 21.6 Å². The second-order valence-electron chi connectivity index (χ2n) is 6.71. The highest BCUT2D eigenvalue weighted by atomic mass is 32.1. The SMILES string of the molecule is COC(=O)c1c(NC(=O)c2ccc(OC)cc2)sc(C)c1-c1ccc(C)c(C)c1. The summed E-state index contributed by atoms with van der Waals surface area (Å²) in [6.07, 6.45) is 0. The molecule has 29 heavy (non-hydrogen) atoms. The van der Waals surface area contributed by atoms with Crippen LogP contribution in [0.4, 0.5) is 5.00 Å². The van der Waals surface area contributed by atoms with Crippen molar-refractivity contribution in [2.75, 3.05) is 19.5 Å². The van der Waals surface area contributed by atoms with Gasteiger partial charge in [0.25, 0.3) is 5.91 Å². The van der Waals surface area contributed by atoms with E-state index in [4.69, 9.17) is 9.47 Å². The van der Waals surface area contributed by atoms with Crippen LogP contribution in [0.25, 0.3) is 11.1 Å². The van der Waals surface area contributed by atoms with E-state index in [1.165, 1.54) is 24.0 Å². The highest BCUT2D eigenvalue weighted by Gasteiger charge is 2.25. The average molecular weight is 410 g/mol. The number of methoxy groups -OCH3 is 2. The van der Waals surface area contributed by atoms with Crippen LogP contribution >= 0.6 is 11.3 Å². The van der Waals surface area contributed by atoms with E-state index in [9.17, 15) is 9.59 Å². The molecule has 1 aromatic heterocycles. The van der Waals surface area contributed by atoms with Gasteiger partial charge in [-0.15, -0.1) is 11.3 Å². The minimum Gasteiger partial charge on any atom is -0.497 e. The van der Waals surface area contributed by atoms with E-state index >= 15 is 0 Å². The molecule has 0 aliphatic heterocycles. The van der Waals surface area contributed by atoms with E-state index < -0.39 is 5.97 Å². The molecule has 0 aliphatic rings. The molecule has 0 radical (unpaired) electrons. The molecule has 0 saturated heterocycles. The van der Waals surface area contributed by atoms with Gasteiger partial charge in [0.05, 0.1) is 14.2 Å². The number of thiophene rings is 1. The van der Waals surface area contributed by atoms with Gasteiger partial charge in [0.1, 0.15) is 16.3 Å². The molecule has 5 nitrogen and oxygen atoms in total. The van der Waals surface area contributed by atoms with Gasteiger partial charge in [-0.3, -0.25) is 4.79 Å². The topological polar surface area (TPSA) is 64.6 Å². The minimum absolute atomic E-state index is 0.300. The summed E-state index contributed by atoms with van der Waals surface area (Å²) in [5, 5.41) is 3.35. The van der Waals surface area contributed by atoms with Gasteiger partial charge in [-0.25, -0.2) is 4.79 Å². The van der Waals surface area contributed by atoms with Gasteiger partial charge in [-0.2, -0.15) is 0 Å². The first-order chi connectivity index (χ1) is 13.8. The third-order valence-corrected chi connectivity index (χ3v) is 5.87. The summed E-state index contributed by atoms with van der Waals surface area (Å²) in [5.74, 6) is -0.112. The van der Waals surface area contributed by atoms with Crippen LogP contribution in [0.2, 0.25) is 0 Å². The lowest BCUT2D eigenvalue weighted by Crippen LogP contribution is -2.14. The van der Waals surface area contributed by atoms with Crippen LogP contribution in [-0.4, -0.2) is 26.1 Å². The Hall–Kier alpha value is -3.12. The van der Waals surface area contributed by atoms with Crippen molar-refractivity contribution in [2.45, 2.75) is 20.8 Å². The number of rotatable bonds is 5. The number of nitrogens with one attached hydrogen (secondary N) is 1. The first-order valence-electron chi connectivity index (χ1n) is 9.10. The molecule has 0 bridgehead atoms. The van der Waals surface area contributed by atoms with Gasteiger partial charge < -0.3 is 14.8 Å². The van der Waals surface area contributed by atoms with Crippen LogP contribution in [0.1, 0.15) is 36.7 Å². The minimum atomic E-state index is -0.479. The molecule has 0 atom stereocenters. The first kappa shape index (κ1) is 20.6. The van der Waals surface area contributed by atoms with Gasteiger partial charge in [-0.05, 0) is 61.7 Å². The number of carbonyl (C=O) groups is 2. The second-order valence-corrected chi connectivity index (χ2v) is 7.94. The van der Waals surface area contributed by atoms with Crippen LogP contribution in [0.15, 0.2) is 42.5 Å². The quantitative estimate of drug-likeness (QED) is 0.574. The van der Waals surface area contributed by atoms with Crippen molar-refractivity contribution in [2.24, 2.45) is 0 Å². The number of benzene rings is 2. The van der Waals surface area contributed by atoms with Crippen LogP contribution < -0.4 is 10.1 Å². The van der Waals surface area contributed by atoms with E-state index in [-0.39, 0.29) is 5.91 Å². The Kier molecular flexibility index (Phi) is 6.03. The third-order valence-electron chi connectivity index (χ3n) is 4.85. The molecule has 1 amide bonds. The predicted molar refractivity (Wildman–Crippen MR) is 116 cm³/mol. The fraction of sp³-hybridized carbons (Fsp3) is 0.217. The van der Waals surface area contributed by atoms with Crippen molar-refractivity contribution in [3.8, 4) is 16.9 Å². The van der Waals surface area contributed by atoms with Crippen molar-refractivity contribution < 1.29 is 19.1 Å². The maximum atomic E-state index is 12.7. The summed E-state index contributed by atoms with van der Waals surface area (Å²) in [5.41, 5.74) is 4.87. The first-order valence-corrected chi connectivity index (χ1v) is 9.92. The molecule has 0 saturated carbocycles. The molecule has 2 aromatic carbocycles. The summed E-state index contributed by atoms with van der Waals surface area (Å²) in [6, 6.07) is 12.9. The zero-order valence-electron chi connectivity index (χ0n) is 17.1. The summed E-state index contributed by atoms with van der Waals surface area (Å²) in [4.78, 5) is 26.3. The Labute approximate surface area is 174 Å².